The fraction of sp³-hybridized carbons (Fsp3) is 0.391. The van der Waals surface area contributed by atoms with Crippen LogP contribution in [0.3, 0.4) is 0 Å². The molecule has 31 heavy (non-hydrogen) atoms. The molecule has 0 aliphatic carbocycles. The maximum Gasteiger partial charge on any atom is 0.256 e. The summed E-state index contributed by atoms with van der Waals surface area (Å²) >= 11 is 0. The predicted molar refractivity (Wildman–Crippen MR) is 119 cm³/mol. The van der Waals surface area contributed by atoms with Crippen LogP contribution in [0.2, 0.25) is 0 Å². The van der Waals surface area contributed by atoms with Gasteiger partial charge in [0, 0.05) is 63.3 Å². The third-order valence-corrected chi connectivity index (χ3v) is 5.26. The average molecular weight is 421 g/mol. The lowest BCUT2D eigenvalue weighted by Crippen LogP contribution is -2.55. The van der Waals surface area contributed by atoms with Crippen LogP contribution < -0.4 is 0 Å². The molecule has 2 aromatic rings. The van der Waals surface area contributed by atoms with Crippen molar-refractivity contribution in [1.29, 1.82) is 0 Å². The number of pyridine rings is 1. The SMILES string of the molecule is C#CCN(C)C/C=C/C(=O)N1CCN(C(=O)c2cccnc2-c2cnn(C)c2)[C@H](C)C1. The van der Waals surface area contributed by atoms with Crippen molar-refractivity contribution >= 4 is 11.8 Å². The summed E-state index contributed by atoms with van der Waals surface area (Å²) in [6.45, 7) is 4.55. The smallest absolute Gasteiger partial charge is 0.256 e. The molecule has 0 aromatic carbocycles. The Morgan fingerprint density at radius 1 is 1.39 bits per heavy atom. The molecule has 1 fully saturated rings. The Morgan fingerprint density at radius 2 is 2.19 bits per heavy atom. The van der Waals surface area contributed by atoms with Crippen molar-refractivity contribution in [3.05, 3.63) is 48.4 Å². The van der Waals surface area contributed by atoms with Gasteiger partial charge >= 0.3 is 0 Å². The van der Waals surface area contributed by atoms with E-state index in [1.165, 1.54) is 0 Å². The van der Waals surface area contributed by atoms with E-state index in [9.17, 15) is 9.59 Å². The number of amides is 2. The molecule has 1 aliphatic rings. The first-order chi connectivity index (χ1) is 14.9. The third-order valence-electron chi connectivity index (χ3n) is 5.26. The number of piperazine rings is 1. The zero-order valence-corrected chi connectivity index (χ0v) is 18.2. The van der Waals surface area contributed by atoms with Crippen LogP contribution in [0.1, 0.15) is 17.3 Å². The summed E-state index contributed by atoms with van der Waals surface area (Å²) in [5.74, 6) is 2.43. The molecule has 3 rings (SSSR count). The molecule has 0 saturated carbocycles. The van der Waals surface area contributed by atoms with Crippen molar-refractivity contribution < 1.29 is 9.59 Å². The van der Waals surface area contributed by atoms with Crippen molar-refractivity contribution in [2.24, 2.45) is 7.05 Å². The largest absolute Gasteiger partial charge is 0.335 e. The number of carbonyl (C=O) groups is 2. The van der Waals surface area contributed by atoms with E-state index in [-0.39, 0.29) is 17.9 Å². The van der Waals surface area contributed by atoms with Gasteiger partial charge in [0.15, 0.2) is 0 Å². The number of aromatic nitrogens is 3. The van der Waals surface area contributed by atoms with E-state index >= 15 is 0 Å². The highest BCUT2D eigenvalue weighted by atomic mass is 16.2. The topological polar surface area (TPSA) is 74.6 Å². The number of likely N-dealkylation sites (N-methyl/N-ethyl adjacent to an activating group) is 1. The van der Waals surface area contributed by atoms with Crippen LogP contribution in [-0.2, 0) is 11.8 Å². The maximum atomic E-state index is 13.3. The van der Waals surface area contributed by atoms with Gasteiger partial charge in [0.1, 0.15) is 0 Å². The Kier molecular flexibility index (Phi) is 7.21. The van der Waals surface area contributed by atoms with Crippen LogP contribution in [0.5, 0.6) is 0 Å². The second-order valence-electron chi connectivity index (χ2n) is 7.74. The molecule has 162 valence electrons. The van der Waals surface area contributed by atoms with E-state index in [4.69, 9.17) is 6.42 Å². The van der Waals surface area contributed by atoms with E-state index < -0.39 is 0 Å². The summed E-state index contributed by atoms with van der Waals surface area (Å²) in [5, 5.41) is 4.18. The minimum atomic E-state index is -0.107. The molecule has 0 N–H and O–H groups in total. The van der Waals surface area contributed by atoms with Crippen LogP contribution in [0.15, 0.2) is 42.9 Å². The average Bonchev–Trinajstić information content (AvgIpc) is 3.19. The predicted octanol–water partition coefficient (Wildman–Crippen LogP) is 1.28. The molecule has 2 amide bonds. The van der Waals surface area contributed by atoms with Gasteiger partial charge in [-0.2, -0.15) is 5.10 Å². The zero-order valence-electron chi connectivity index (χ0n) is 18.2. The minimum absolute atomic E-state index is 0.0505. The maximum absolute atomic E-state index is 13.3. The number of terminal acetylenes is 1. The first-order valence-corrected chi connectivity index (χ1v) is 10.2. The van der Waals surface area contributed by atoms with E-state index in [1.54, 1.807) is 40.2 Å². The van der Waals surface area contributed by atoms with Crippen LogP contribution >= 0.6 is 0 Å². The monoisotopic (exact) mass is 420 g/mol. The van der Waals surface area contributed by atoms with Gasteiger partial charge < -0.3 is 9.80 Å². The lowest BCUT2D eigenvalue weighted by molar-refractivity contribution is -0.128. The molecule has 3 heterocycles. The first-order valence-electron chi connectivity index (χ1n) is 10.2. The summed E-state index contributed by atoms with van der Waals surface area (Å²) in [5.41, 5.74) is 1.96. The Morgan fingerprint density at radius 3 is 2.87 bits per heavy atom. The Labute approximate surface area is 183 Å². The molecule has 0 spiro atoms. The number of aryl methyl sites for hydroxylation is 1. The summed E-state index contributed by atoms with van der Waals surface area (Å²) in [6.07, 6.45) is 13.9. The molecule has 1 saturated heterocycles. The van der Waals surface area contributed by atoms with Gasteiger partial charge in [-0.15, -0.1) is 6.42 Å². The standard InChI is InChI=1S/C23H28N6O2/c1-5-11-26(3)12-7-9-21(30)28-13-14-29(18(2)16-28)23(31)20-8-6-10-24-22(20)19-15-25-27(4)17-19/h1,6-10,15,17-18H,11-14,16H2,2-4H3/b9-7+/t18-/m1/s1. The lowest BCUT2D eigenvalue weighted by Gasteiger charge is -2.39. The van der Waals surface area contributed by atoms with E-state index in [0.717, 1.165) is 5.56 Å². The number of hydrogen-bond acceptors (Lipinski definition) is 5. The van der Waals surface area contributed by atoms with Gasteiger partial charge in [-0.3, -0.25) is 24.2 Å². The second-order valence-corrected chi connectivity index (χ2v) is 7.74. The molecular formula is C23H28N6O2. The normalized spacial score (nSPS) is 16.7. The third kappa shape index (κ3) is 5.38. The van der Waals surface area contributed by atoms with Crippen molar-refractivity contribution in [2.75, 3.05) is 39.8 Å². The number of rotatable bonds is 6. The quantitative estimate of drug-likeness (QED) is 0.520. The van der Waals surface area contributed by atoms with E-state index in [0.29, 0.717) is 44.0 Å². The summed E-state index contributed by atoms with van der Waals surface area (Å²) in [4.78, 5) is 35.8. The van der Waals surface area contributed by atoms with E-state index in [2.05, 4.69) is 16.0 Å². The van der Waals surface area contributed by atoms with Crippen LogP contribution in [0.25, 0.3) is 11.3 Å². The lowest BCUT2D eigenvalue weighted by atomic mass is 10.1. The molecule has 0 radical (unpaired) electrons. The molecule has 1 aliphatic heterocycles. The molecule has 1 atom stereocenters. The molecule has 2 aromatic heterocycles. The Hall–Kier alpha value is -3.44. The molecule has 8 heteroatoms. The van der Waals surface area contributed by atoms with Gasteiger partial charge in [0.2, 0.25) is 5.91 Å². The highest BCUT2D eigenvalue weighted by Crippen LogP contribution is 2.23. The van der Waals surface area contributed by atoms with Crippen LogP contribution in [0, 0.1) is 12.3 Å². The van der Waals surface area contributed by atoms with Crippen molar-refractivity contribution in [3.63, 3.8) is 0 Å². The van der Waals surface area contributed by atoms with Crippen molar-refractivity contribution in [1.82, 2.24) is 29.5 Å². The molecule has 0 unspecified atom stereocenters. The van der Waals surface area contributed by atoms with Crippen molar-refractivity contribution in [2.45, 2.75) is 13.0 Å². The van der Waals surface area contributed by atoms with Gasteiger partial charge in [0.05, 0.1) is 24.0 Å². The minimum Gasteiger partial charge on any atom is -0.335 e. The van der Waals surface area contributed by atoms with Crippen LogP contribution in [0.4, 0.5) is 0 Å². The Balaban J connectivity index is 1.66. The molecular weight excluding hydrogens is 392 g/mol. The Bertz CT molecular complexity index is 1010. The summed E-state index contributed by atoms with van der Waals surface area (Å²) in [7, 11) is 3.73. The highest BCUT2D eigenvalue weighted by Gasteiger charge is 2.31. The fourth-order valence-electron chi connectivity index (χ4n) is 3.62. The second kappa shape index (κ2) is 10.0. The summed E-state index contributed by atoms with van der Waals surface area (Å²) < 4.78 is 1.68. The van der Waals surface area contributed by atoms with Gasteiger partial charge in [-0.25, -0.2) is 0 Å². The van der Waals surface area contributed by atoms with Crippen molar-refractivity contribution in [3.8, 4) is 23.6 Å². The number of hydrogen-bond donors (Lipinski definition) is 0. The molecule has 0 bridgehead atoms. The van der Waals surface area contributed by atoms with Crippen LogP contribution in [-0.4, -0.2) is 87.1 Å². The van der Waals surface area contributed by atoms with E-state index in [1.807, 2.05) is 43.1 Å². The highest BCUT2D eigenvalue weighted by molar-refractivity contribution is 6.00. The number of nitrogens with zero attached hydrogens (tertiary/aromatic N) is 6. The molecule has 8 nitrogen and oxygen atoms in total. The zero-order chi connectivity index (χ0) is 22.4. The first kappa shape index (κ1) is 22.2. The van der Waals surface area contributed by atoms with Gasteiger partial charge in [-0.1, -0.05) is 12.0 Å². The van der Waals surface area contributed by atoms with Gasteiger partial charge in [0.25, 0.3) is 5.91 Å². The summed E-state index contributed by atoms with van der Waals surface area (Å²) in [6, 6.07) is 3.45. The van der Waals surface area contributed by atoms with Gasteiger partial charge in [-0.05, 0) is 26.1 Å². The fourth-order valence-corrected chi connectivity index (χ4v) is 3.62. The number of carbonyl (C=O) groups excluding carboxylic acids is 2.